The van der Waals surface area contributed by atoms with E-state index in [0.29, 0.717) is 18.8 Å². The Hall–Kier alpha value is -3.23. The number of carbonyl (C=O) groups excluding carboxylic acids is 3. The molecular weight excluding hydrogens is 377 g/mol. The SMILES string of the molecule is CC1CCC2(CC1)NC(=O)N(CC(=O)Nc1ccc(-n3cccn3)c(F)c1)C2=O. The van der Waals surface area contributed by atoms with Gasteiger partial charge in [0.15, 0.2) is 5.82 Å². The number of aromatic nitrogens is 2. The van der Waals surface area contributed by atoms with E-state index in [4.69, 9.17) is 0 Å². The van der Waals surface area contributed by atoms with Gasteiger partial charge in [-0.2, -0.15) is 5.10 Å². The maximum Gasteiger partial charge on any atom is 0.325 e. The highest BCUT2D eigenvalue weighted by Gasteiger charge is 2.52. The first-order valence-electron chi connectivity index (χ1n) is 9.61. The molecule has 0 radical (unpaired) electrons. The molecular formula is C20H22FN5O3. The molecule has 1 saturated heterocycles. The van der Waals surface area contributed by atoms with Gasteiger partial charge in [0.25, 0.3) is 5.91 Å². The second-order valence-corrected chi connectivity index (χ2v) is 7.75. The summed E-state index contributed by atoms with van der Waals surface area (Å²) in [5.74, 6) is -0.968. The second-order valence-electron chi connectivity index (χ2n) is 7.75. The van der Waals surface area contributed by atoms with E-state index in [0.717, 1.165) is 17.7 Å². The standard InChI is InChI=1S/C20H22FN5O3/c1-13-5-7-20(8-6-13)18(28)25(19(29)24-20)12-17(27)23-14-3-4-16(15(21)11-14)26-10-2-9-22-26/h2-4,9-11,13H,5-8,12H2,1H3,(H,23,27)(H,24,29). The fourth-order valence-corrected chi connectivity index (χ4v) is 3.94. The summed E-state index contributed by atoms with van der Waals surface area (Å²) >= 11 is 0. The Morgan fingerprint density at radius 2 is 2.10 bits per heavy atom. The van der Waals surface area contributed by atoms with Crippen molar-refractivity contribution >= 4 is 23.5 Å². The van der Waals surface area contributed by atoms with Crippen molar-refractivity contribution in [1.82, 2.24) is 20.0 Å². The Bertz CT molecular complexity index is 951. The van der Waals surface area contributed by atoms with Crippen molar-refractivity contribution in [3.05, 3.63) is 42.5 Å². The van der Waals surface area contributed by atoms with Crippen LogP contribution in [0.3, 0.4) is 0 Å². The molecule has 152 valence electrons. The zero-order valence-corrected chi connectivity index (χ0v) is 16.0. The summed E-state index contributed by atoms with van der Waals surface area (Å²) in [5, 5.41) is 9.29. The molecule has 1 spiro atoms. The van der Waals surface area contributed by atoms with Crippen LogP contribution in [-0.2, 0) is 9.59 Å². The first-order valence-corrected chi connectivity index (χ1v) is 9.61. The van der Waals surface area contributed by atoms with E-state index in [1.54, 1.807) is 12.3 Å². The number of halogens is 1. The van der Waals surface area contributed by atoms with E-state index in [1.807, 2.05) is 0 Å². The average Bonchev–Trinajstić information content (AvgIpc) is 3.28. The summed E-state index contributed by atoms with van der Waals surface area (Å²) in [7, 11) is 0. The van der Waals surface area contributed by atoms with Crippen molar-refractivity contribution in [2.75, 3.05) is 11.9 Å². The number of imide groups is 1. The number of rotatable bonds is 4. The molecule has 2 fully saturated rings. The van der Waals surface area contributed by atoms with Crippen LogP contribution in [0.15, 0.2) is 36.7 Å². The van der Waals surface area contributed by atoms with Crippen LogP contribution in [0, 0.1) is 11.7 Å². The van der Waals surface area contributed by atoms with Crippen molar-refractivity contribution < 1.29 is 18.8 Å². The third-order valence-corrected chi connectivity index (χ3v) is 5.66. The number of benzene rings is 1. The summed E-state index contributed by atoms with van der Waals surface area (Å²) in [6.07, 6.45) is 6.01. The highest BCUT2D eigenvalue weighted by Crippen LogP contribution is 2.36. The highest BCUT2D eigenvalue weighted by atomic mass is 19.1. The molecule has 0 bridgehead atoms. The lowest BCUT2D eigenvalue weighted by Gasteiger charge is -2.33. The Morgan fingerprint density at radius 1 is 1.34 bits per heavy atom. The molecule has 2 N–H and O–H groups in total. The number of nitrogens with zero attached hydrogens (tertiary/aromatic N) is 3. The van der Waals surface area contributed by atoms with Crippen LogP contribution in [0.5, 0.6) is 0 Å². The Labute approximate surface area is 167 Å². The molecule has 1 saturated carbocycles. The zero-order chi connectivity index (χ0) is 20.6. The number of hydrogen-bond donors (Lipinski definition) is 2. The zero-order valence-electron chi connectivity index (χ0n) is 16.0. The van der Waals surface area contributed by atoms with Crippen molar-refractivity contribution in [2.45, 2.75) is 38.1 Å². The smallest absolute Gasteiger partial charge is 0.324 e. The minimum Gasteiger partial charge on any atom is -0.324 e. The number of nitrogens with one attached hydrogen (secondary N) is 2. The summed E-state index contributed by atoms with van der Waals surface area (Å²) in [5.41, 5.74) is -0.409. The minimum absolute atomic E-state index is 0.233. The molecule has 0 atom stereocenters. The monoisotopic (exact) mass is 399 g/mol. The van der Waals surface area contributed by atoms with E-state index < -0.39 is 29.8 Å². The molecule has 4 amide bonds. The van der Waals surface area contributed by atoms with E-state index in [9.17, 15) is 18.8 Å². The number of amides is 4. The van der Waals surface area contributed by atoms with Crippen LogP contribution in [0.2, 0.25) is 0 Å². The van der Waals surface area contributed by atoms with Crippen molar-refractivity contribution in [3.63, 3.8) is 0 Å². The van der Waals surface area contributed by atoms with Gasteiger partial charge in [-0.15, -0.1) is 0 Å². The van der Waals surface area contributed by atoms with Crippen molar-refractivity contribution in [2.24, 2.45) is 5.92 Å². The number of carbonyl (C=O) groups is 3. The lowest BCUT2D eigenvalue weighted by atomic mass is 9.77. The van der Waals surface area contributed by atoms with Crippen LogP contribution in [-0.4, -0.2) is 44.6 Å². The predicted octanol–water partition coefficient (Wildman–Crippen LogP) is 2.45. The number of anilines is 1. The molecule has 29 heavy (non-hydrogen) atoms. The normalized spacial score (nSPS) is 24.1. The largest absolute Gasteiger partial charge is 0.325 e. The van der Waals surface area contributed by atoms with Gasteiger partial charge in [0.1, 0.15) is 17.8 Å². The van der Waals surface area contributed by atoms with Gasteiger partial charge in [-0.3, -0.25) is 14.5 Å². The first kappa shape index (κ1) is 19.1. The first-order chi connectivity index (χ1) is 13.9. The molecule has 2 aliphatic rings. The molecule has 0 unspecified atom stereocenters. The molecule has 4 rings (SSSR count). The number of urea groups is 1. The fraction of sp³-hybridized carbons (Fsp3) is 0.400. The fourth-order valence-electron chi connectivity index (χ4n) is 3.94. The van der Waals surface area contributed by atoms with E-state index >= 15 is 0 Å². The van der Waals surface area contributed by atoms with Gasteiger partial charge in [0.05, 0.1) is 0 Å². The van der Waals surface area contributed by atoms with Crippen molar-refractivity contribution in [1.29, 1.82) is 0 Å². The molecule has 1 aromatic heterocycles. The summed E-state index contributed by atoms with van der Waals surface area (Å²) in [6, 6.07) is 5.31. The van der Waals surface area contributed by atoms with E-state index in [1.165, 1.54) is 29.1 Å². The highest BCUT2D eigenvalue weighted by molar-refractivity contribution is 6.10. The maximum atomic E-state index is 14.3. The molecule has 9 heteroatoms. The van der Waals surface area contributed by atoms with E-state index in [2.05, 4.69) is 22.7 Å². The predicted molar refractivity (Wildman–Crippen MR) is 103 cm³/mol. The molecule has 1 aromatic carbocycles. The number of hydrogen-bond acceptors (Lipinski definition) is 4. The van der Waals surface area contributed by atoms with Crippen LogP contribution in [0.1, 0.15) is 32.6 Å². The third-order valence-electron chi connectivity index (χ3n) is 5.66. The van der Waals surface area contributed by atoms with Gasteiger partial charge in [-0.05, 0) is 55.9 Å². The van der Waals surface area contributed by atoms with Gasteiger partial charge in [0, 0.05) is 18.1 Å². The molecule has 1 aliphatic carbocycles. The van der Waals surface area contributed by atoms with Crippen LogP contribution >= 0.6 is 0 Å². The van der Waals surface area contributed by atoms with Crippen LogP contribution in [0.25, 0.3) is 5.69 Å². The lowest BCUT2D eigenvalue weighted by Crippen LogP contribution is -2.49. The van der Waals surface area contributed by atoms with Gasteiger partial charge in [0.2, 0.25) is 5.91 Å². The molecule has 2 heterocycles. The maximum absolute atomic E-state index is 14.3. The van der Waals surface area contributed by atoms with Crippen LogP contribution < -0.4 is 10.6 Å². The summed E-state index contributed by atoms with van der Waals surface area (Å²) in [4.78, 5) is 38.4. The molecule has 1 aliphatic heterocycles. The Kier molecular flexibility index (Phi) is 4.81. The van der Waals surface area contributed by atoms with Crippen LogP contribution in [0.4, 0.5) is 14.9 Å². The topological polar surface area (TPSA) is 96.3 Å². The Balaban J connectivity index is 1.41. The van der Waals surface area contributed by atoms with Gasteiger partial charge < -0.3 is 10.6 Å². The van der Waals surface area contributed by atoms with Gasteiger partial charge in [-0.25, -0.2) is 13.9 Å². The summed E-state index contributed by atoms with van der Waals surface area (Å²) < 4.78 is 15.7. The third kappa shape index (κ3) is 3.59. The van der Waals surface area contributed by atoms with Crippen molar-refractivity contribution in [3.8, 4) is 5.69 Å². The quantitative estimate of drug-likeness (QED) is 0.772. The second kappa shape index (κ2) is 7.31. The molecule has 8 nitrogen and oxygen atoms in total. The molecule has 2 aromatic rings. The average molecular weight is 399 g/mol. The van der Waals surface area contributed by atoms with E-state index in [-0.39, 0.29) is 17.3 Å². The summed E-state index contributed by atoms with van der Waals surface area (Å²) in [6.45, 7) is 1.71. The van der Waals surface area contributed by atoms with Gasteiger partial charge >= 0.3 is 6.03 Å². The lowest BCUT2D eigenvalue weighted by molar-refractivity contribution is -0.135. The minimum atomic E-state index is -0.888. The Morgan fingerprint density at radius 3 is 2.76 bits per heavy atom. The van der Waals surface area contributed by atoms with Gasteiger partial charge in [-0.1, -0.05) is 6.92 Å².